The third kappa shape index (κ3) is 4.37. The van der Waals surface area contributed by atoms with Crippen LogP contribution < -0.4 is 15.2 Å². The van der Waals surface area contributed by atoms with Gasteiger partial charge in [-0.3, -0.25) is 9.48 Å². The Hall–Kier alpha value is -2.87. The van der Waals surface area contributed by atoms with Crippen LogP contribution >= 0.6 is 11.6 Å². The minimum Gasteiger partial charge on any atom is -0.472 e. The standard InChI is InChI=1S/C23H29ClN6O2/c1-5-6-10-30-23(31)22(24)19(13-26-30)29-11-8-18(14-29)32-20-12-17(7-9-25-20)21-15(2)27-28(4)16(21)3/h7,9,12-13,18H,5-6,8,10-11,14H2,1-4H3/t18-/m1/s1. The van der Waals surface area contributed by atoms with Gasteiger partial charge in [0.25, 0.3) is 5.56 Å². The molecule has 1 saturated heterocycles. The third-order valence-corrected chi connectivity index (χ3v) is 6.35. The van der Waals surface area contributed by atoms with Gasteiger partial charge in [-0.1, -0.05) is 24.9 Å². The Morgan fingerprint density at radius 1 is 1.31 bits per heavy atom. The van der Waals surface area contributed by atoms with Gasteiger partial charge in [0, 0.05) is 50.1 Å². The smallest absolute Gasteiger partial charge is 0.287 e. The number of halogens is 1. The molecule has 0 bridgehead atoms. The van der Waals surface area contributed by atoms with E-state index in [4.69, 9.17) is 16.3 Å². The molecule has 0 saturated carbocycles. The van der Waals surface area contributed by atoms with Gasteiger partial charge in [-0.25, -0.2) is 9.67 Å². The molecule has 1 aliphatic heterocycles. The highest BCUT2D eigenvalue weighted by Crippen LogP contribution is 2.30. The minimum absolute atomic E-state index is 0.0487. The van der Waals surface area contributed by atoms with Crippen molar-refractivity contribution in [2.24, 2.45) is 7.05 Å². The quantitative estimate of drug-likeness (QED) is 0.538. The van der Waals surface area contributed by atoms with Crippen molar-refractivity contribution in [2.75, 3.05) is 18.0 Å². The molecule has 1 atom stereocenters. The second kappa shape index (κ2) is 9.32. The Labute approximate surface area is 192 Å². The molecule has 0 aromatic carbocycles. The van der Waals surface area contributed by atoms with Gasteiger partial charge in [0.2, 0.25) is 5.88 Å². The highest BCUT2D eigenvalue weighted by molar-refractivity contribution is 6.33. The van der Waals surface area contributed by atoms with E-state index in [0.717, 1.165) is 48.3 Å². The number of hydrogen-bond donors (Lipinski definition) is 0. The van der Waals surface area contributed by atoms with Crippen LogP contribution in [0.3, 0.4) is 0 Å². The molecule has 170 valence electrons. The molecule has 0 radical (unpaired) electrons. The van der Waals surface area contributed by atoms with Crippen molar-refractivity contribution in [1.82, 2.24) is 24.5 Å². The average molecular weight is 457 g/mol. The van der Waals surface area contributed by atoms with E-state index >= 15 is 0 Å². The van der Waals surface area contributed by atoms with E-state index in [1.54, 1.807) is 12.4 Å². The molecular formula is C23H29ClN6O2. The Morgan fingerprint density at radius 3 is 2.84 bits per heavy atom. The number of aromatic nitrogens is 5. The van der Waals surface area contributed by atoms with Crippen molar-refractivity contribution < 1.29 is 4.74 Å². The number of anilines is 1. The number of unbranched alkanes of at least 4 members (excludes halogenated alkanes) is 1. The number of pyridine rings is 1. The van der Waals surface area contributed by atoms with Crippen molar-refractivity contribution in [3.8, 4) is 17.0 Å². The molecule has 32 heavy (non-hydrogen) atoms. The summed E-state index contributed by atoms with van der Waals surface area (Å²) in [4.78, 5) is 19.0. The van der Waals surface area contributed by atoms with Crippen molar-refractivity contribution in [1.29, 1.82) is 0 Å². The van der Waals surface area contributed by atoms with Crippen molar-refractivity contribution in [3.05, 3.63) is 51.3 Å². The predicted molar refractivity (Wildman–Crippen MR) is 126 cm³/mol. The maximum absolute atomic E-state index is 12.5. The maximum atomic E-state index is 12.5. The molecule has 3 aromatic heterocycles. The molecule has 9 heteroatoms. The monoisotopic (exact) mass is 456 g/mol. The maximum Gasteiger partial charge on any atom is 0.287 e. The highest BCUT2D eigenvalue weighted by atomic mass is 35.5. The van der Waals surface area contributed by atoms with Crippen LogP contribution in [0.5, 0.6) is 5.88 Å². The largest absolute Gasteiger partial charge is 0.472 e. The van der Waals surface area contributed by atoms with Gasteiger partial charge in [-0.15, -0.1) is 0 Å². The van der Waals surface area contributed by atoms with Gasteiger partial charge in [0.1, 0.15) is 11.1 Å². The summed E-state index contributed by atoms with van der Waals surface area (Å²) in [6.45, 7) is 8.08. The zero-order valence-electron chi connectivity index (χ0n) is 19.0. The lowest BCUT2D eigenvalue weighted by Gasteiger charge is -2.20. The van der Waals surface area contributed by atoms with E-state index in [1.807, 2.05) is 30.8 Å². The van der Waals surface area contributed by atoms with E-state index in [2.05, 4.69) is 33.9 Å². The summed E-state index contributed by atoms with van der Waals surface area (Å²) in [6.07, 6.45) is 6.10. The van der Waals surface area contributed by atoms with Gasteiger partial charge in [0.05, 0.1) is 24.1 Å². The molecule has 0 amide bonds. The van der Waals surface area contributed by atoms with Crippen LogP contribution in [0.1, 0.15) is 37.6 Å². The molecule has 1 fully saturated rings. The van der Waals surface area contributed by atoms with Crippen LogP contribution in [0.4, 0.5) is 5.69 Å². The summed E-state index contributed by atoms with van der Waals surface area (Å²) in [5.41, 5.74) is 4.65. The molecule has 0 unspecified atom stereocenters. The first kappa shape index (κ1) is 22.3. The summed E-state index contributed by atoms with van der Waals surface area (Å²) in [5, 5.41) is 9.04. The summed E-state index contributed by atoms with van der Waals surface area (Å²) in [5.74, 6) is 0.580. The molecule has 0 N–H and O–H groups in total. The number of hydrogen-bond acceptors (Lipinski definition) is 6. The first-order valence-corrected chi connectivity index (χ1v) is 11.4. The van der Waals surface area contributed by atoms with Crippen molar-refractivity contribution >= 4 is 17.3 Å². The fourth-order valence-corrected chi connectivity index (χ4v) is 4.44. The van der Waals surface area contributed by atoms with Gasteiger partial charge in [0.15, 0.2) is 0 Å². The van der Waals surface area contributed by atoms with E-state index < -0.39 is 0 Å². The van der Waals surface area contributed by atoms with Crippen LogP contribution in [0.2, 0.25) is 5.02 Å². The minimum atomic E-state index is -0.237. The van der Waals surface area contributed by atoms with Crippen LogP contribution in [-0.2, 0) is 13.6 Å². The van der Waals surface area contributed by atoms with Crippen LogP contribution in [0.25, 0.3) is 11.1 Å². The van der Waals surface area contributed by atoms with Gasteiger partial charge in [-0.2, -0.15) is 10.2 Å². The first-order valence-electron chi connectivity index (χ1n) is 11.0. The zero-order valence-corrected chi connectivity index (χ0v) is 19.8. The molecule has 1 aliphatic rings. The number of rotatable bonds is 7. The molecule has 4 heterocycles. The second-order valence-corrected chi connectivity index (χ2v) is 8.63. The van der Waals surface area contributed by atoms with Gasteiger partial charge >= 0.3 is 0 Å². The molecule has 0 aliphatic carbocycles. The highest BCUT2D eigenvalue weighted by Gasteiger charge is 2.27. The third-order valence-electron chi connectivity index (χ3n) is 6.00. The summed E-state index contributed by atoms with van der Waals surface area (Å²) in [6, 6.07) is 3.94. The fraction of sp³-hybridized carbons (Fsp3) is 0.478. The summed E-state index contributed by atoms with van der Waals surface area (Å²) < 4.78 is 9.52. The normalized spacial score (nSPS) is 16.0. The average Bonchev–Trinajstić information content (AvgIpc) is 3.33. The van der Waals surface area contributed by atoms with Crippen molar-refractivity contribution in [2.45, 2.75) is 52.7 Å². The van der Waals surface area contributed by atoms with Crippen LogP contribution in [-0.4, -0.2) is 43.7 Å². The van der Waals surface area contributed by atoms with E-state index in [9.17, 15) is 4.79 Å². The predicted octanol–water partition coefficient (Wildman–Crippen LogP) is 3.77. The Kier molecular flexibility index (Phi) is 6.50. The summed E-state index contributed by atoms with van der Waals surface area (Å²) in [7, 11) is 1.94. The lowest BCUT2D eigenvalue weighted by Crippen LogP contribution is -2.29. The Morgan fingerprint density at radius 2 is 2.12 bits per heavy atom. The Bertz CT molecular complexity index is 1170. The number of ether oxygens (including phenoxy) is 1. The van der Waals surface area contributed by atoms with Gasteiger partial charge in [-0.05, 0) is 31.9 Å². The topological polar surface area (TPSA) is 78.1 Å². The van der Waals surface area contributed by atoms with Crippen LogP contribution in [0, 0.1) is 13.8 Å². The summed E-state index contributed by atoms with van der Waals surface area (Å²) >= 11 is 6.41. The zero-order chi connectivity index (χ0) is 22.8. The molecule has 4 rings (SSSR count). The Balaban J connectivity index is 1.47. The number of aryl methyl sites for hydroxylation is 3. The van der Waals surface area contributed by atoms with Gasteiger partial charge < -0.3 is 9.64 Å². The fourth-order valence-electron chi connectivity index (χ4n) is 4.18. The van der Waals surface area contributed by atoms with E-state index in [0.29, 0.717) is 24.7 Å². The molecule has 3 aromatic rings. The second-order valence-electron chi connectivity index (χ2n) is 8.25. The molecule has 0 spiro atoms. The SMILES string of the molecule is CCCCn1ncc(N2CC[C@@H](Oc3cc(-c4c(C)nn(C)c4C)ccn3)C2)c(Cl)c1=O. The molecular weight excluding hydrogens is 428 g/mol. The van der Waals surface area contributed by atoms with E-state index in [-0.39, 0.29) is 16.7 Å². The first-order chi connectivity index (χ1) is 15.4. The van der Waals surface area contributed by atoms with Crippen LogP contribution in [0.15, 0.2) is 29.3 Å². The van der Waals surface area contributed by atoms with Crippen molar-refractivity contribution in [3.63, 3.8) is 0 Å². The molecule has 8 nitrogen and oxygen atoms in total. The van der Waals surface area contributed by atoms with E-state index in [1.165, 1.54) is 4.68 Å². The number of nitrogens with zero attached hydrogens (tertiary/aromatic N) is 6. The lowest BCUT2D eigenvalue weighted by atomic mass is 10.1. The lowest BCUT2D eigenvalue weighted by molar-refractivity contribution is 0.216.